The molecule has 1 fully saturated rings. The van der Waals surface area contributed by atoms with Crippen LogP contribution in [0.4, 0.5) is 13.2 Å². The number of alkyl halides is 3. The van der Waals surface area contributed by atoms with Crippen LogP contribution in [-0.2, 0) is 17.5 Å². The minimum Gasteiger partial charge on any atom is -0.339 e. The van der Waals surface area contributed by atoms with Crippen molar-refractivity contribution >= 4 is 11.8 Å². The maximum absolute atomic E-state index is 13.1. The summed E-state index contributed by atoms with van der Waals surface area (Å²) in [5.74, 6) is -0.655. The fourth-order valence-electron chi connectivity index (χ4n) is 3.39. The smallest absolute Gasteiger partial charge is 0.339 e. The third-order valence-electron chi connectivity index (χ3n) is 5.00. The van der Waals surface area contributed by atoms with E-state index in [2.05, 4.69) is 5.32 Å². The highest BCUT2D eigenvalue weighted by Crippen LogP contribution is 2.29. The van der Waals surface area contributed by atoms with Gasteiger partial charge in [0.25, 0.3) is 5.91 Å². The van der Waals surface area contributed by atoms with Crippen LogP contribution in [0.25, 0.3) is 0 Å². The van der Waals surface area contributed by atoms with Gasteiger partial charge in [0.05, 0.1) is 5.56 Å². The molecule has 2 aromatic rings. The van der Waals surface area contributed by atoms with Gasteiger partial charge in [-0.3, -0.25) is 9.59 Å². The van der Waals surface area contributed by atoms with Gasteiger partial charge < -0.3 is 15.1 Å². The summed E-state index contributed by atoms with van der Waals surface area (Å²) < 4.78 is 38.5. The molecule has 2 aromatic carbocycles. The lowest BCUT2D eigenvalue weighted by Crippen LogP contribution is -2.50. The maximum atomic E-state index is 13.1. The number of nitrogens with zero attached hydrogens (tertiary/aromatic N) is 2. The van der Waals surface area contributed by atoms with Gasteiger partial charge >= 0.3 is 6.18 Å². The van der Waals surface area contributed by atoms with Gasteiger partial charge in [0, 0.05) is 38.3 Å². The van der Waals surface area contributed by atoms with E-state index in [1.807, 2.05) is 31.2 Å². The molecule has 1 N–H and O–H groups in total. The summed E-state index contributed by atoms with van der Waals surface area (Å²) in [6.45, 7) is 4.49. The second-order valence-corrected chi connectivity index (χ2v) is 7.36. The molecule has 0 radical (unpaired) electrons. The van der Waals surface area contributed by atoms with Crippen molar-refractivity contribution in [1.29, 1.82) is 0 Å². The number of carbonyl (C=O) groups is 2. The molecule has 160 valence electrons. The second kappa shape index (κ2) is 9.30. The van der Waals surface area contributed by atoms with Crippen LogP contribution in [0.15, 0.2) is 48.5 Å². The summed E-state index contributed by atoms with van der Waals surface area (Å²) in [4.78, 5) is 28.9. The predicted octanol–water partition coefficient (Wildman–Crippen LogP) is 3.09. The molecule has 0 unspecified atom stereocenters. The van der Waals surface area contributed by atoms with Crippen LogP contribution in [-0.4, -0.2) is 54.3 Å². The van der Waals surface area contributed by atoms with Crippen molar-refractivity contribution in [2.24, 2.45) is 0 Å². The van der Waals surface area contributed by atoms with Gasteiger partial charge in [-0.05, 0) is 36.8 Å². The Hall–Kier alpha value is -2.87. The molecule has 1 saturated heterocycles. The van der Waals surface area contributed by atoms with Gasteiger partial charge in [0.1, 0.15) is 6.54 Å². The molecule has 2 amide bonds. The third kappa shape index (κ3) is 5.60. The average molecular weight is 419 g/mol. The van der Waals surface area contributed by atoms with Crippen molar-refractivity contribution < 1.29 is 22.8 Å². The van der Waals surface area contributed by atoms with Crippen LogP contribution in [0.2, 0.25) is 0 Å². The first kappa shape index (κ1) is 21.8. The fourth-order valence-corrected chi connectivity index (χ4v) is 3.39. The van der Waals surface area contributed by atoms with Crippen LogP contribution < -0.4 is 5.32 Å². The van der Waals surface area contributed by atoms with Crippen LogP contribution in [0.3, 0.4) is 0 Å². The van der Waals surface area contributed by atoms with Crippen molar-refractivity contribution in [3.05, 3.63) is 70.8 Å². The van der Waals surface area contributed by atoms with E-state index in [1.165, 1.54) is 4.90 Å². The molecule has 0 aliphatic carbocycles. The Kier molecular flexibility index (Phi) is 6.77. The van der Waals surface area contributed by atoms with Gasteiger partial charge in [0.2, 0.25) is 5.91 Å². The van der Waals surface area contributed by atoms with E-state index >= 15 is 0 Å². The quantitative estimate of drug-likeness (QED) is 0.811. The Bertz CT molecular complexity index is 891. The number of carbonyl (C=O) groups excluding carboxylic acids is 2. The van der Waals surface area contributed by atoms with Gasteiger partial charge in [-0.2, -0.15) is 13.2 Å². The summed E-state index contributed by atoms with van der Waals surface area (Å²) in [6, 6.07) is 11.7. The number of aryl methyl sites for hydroxylation is 1. The highest BCUT2D eigenvalue weighted by molar-refractivity contribution is 5.96. The highest BCUT2D eigenvalue weighted by Gasteiger charge is 2.31. The largest absolute Gasteiger partial charge is 0.416 e. The molecule has 0 saturated carbocycles. The molecule has 1 aliphatic heterocycles. The van der Waals surface area contributed by atoms with Crippen LogP contribution in [0, 0.1) is 6.92 Å². The monoisotopic (exact) mass is 419 g/mol. The molecule has 3 rings (SSSR count). The van der Waals surface area contributed by atoms with Gasteiger partial charge in [0.15, 0.2) is 0 Å². The molecule has 30 heavy (non-hydrogen) atoms. The summed E-state index contributed by atoms with van der Waals surface area (Å²) >= 11 is 0. The standard InChI is InChI=1S/C22H24F3N3O2/c1-16-3-2-4-17(13-16)14-28(15-20(29)27-11-9-26-10-12-27)21(30)18-5-7-19(8-6-18)22(23,24)25/h2-8,13,26H,9-12,14-15H2,1H3. The third-order valence-corrected chi connectivity index (χ3v) is 5.00. The molecular weight excluding hydrogens is 395 g/mol. The van der Waals surface area contributed by atoms with E-state index in [9.17, 15) is 22.8 Å². The predicted molar refractivity (Wildman–Crippen MR) is 107 cm³/mol. The van der Waals surface area contributed by atoms with Crippen molar-refractivity contribution in [2.45, 2.75) is 19.6 Å². The number of nitrogens with one attached hydrogen (secondary N) is 1. The fraction of sp³-hybridized carbons (Fsp3) is 0.364. The van der Waals surface area contributed by atoms with E-state index < -0.39 is 17.6 Å². The SMILES string of the molecule is Cc1cccc(CN(CC(=O)N2CCNCC2)C(=O)c2ccc(C(F)(F)F)cc2)c1. The van der Waals surface area contributed by atoms with E-state index in [0.717, 1.165) is 35.4 Å². The number of amides is 2. The van der Waals surface area contributed by atoms with Crippen molar-refractivity contribution in [3.63, 3.8) is 0 Å². The molecule has 0 aromatic heterocycles. The molecule has 8 heteroatoms. The van der Waals surface area contributed by atoms with Crippen molar-refractivity contribution in [2.75, 3.05) is 32.7 Å². The number of rotatable bonds is 5. The molecule has 0 bridgehead atoms. The lowest BCUT2D eigenvalue weighted by atomic mass is 10.1. The number of hydrogen-bond acceptors (Lipinski definition) is 3. The Morgan fingerprint density at radius 2 is 1.73 bits per heavy atom. The van der Waals surface area contributed by atoms with Crippen molar-refractivity contribution in [3.8, 4) is 0 Å². The van der Waals surface area contributed by atoms with Gasteiger partial charge in [-0.15, -0.1) is 0 Å². The van der Waals surface area contributed by atoms with E-state index in [0.29, 0.717) is 26.2 Å². The zero-order chi connectivity index (χ0) is 21.7. The molecular formula is C22H24F3N3O2. The first-order valence-corrected chi connectivity index (χ1v) is 9.74. The van der Waals surface area contributed by atoms with Crippen LogP contribution in [0.5, 0.6) is 0 Å². The molecule has 1 aliphatic rings. The number of benzene rings is 2. The zero-order valence-corrected chi connectivity index (χ0v) is 16.7. The molecule has 1 heterocycles. The van der Waals surface area contributed by atoms with E-state index in [4.69, 9.17) is 0 Å². The lowest BCUT2D eigenvalue weighted by Gasteiger charge is -2.30. The lowest BCUT2D eigenvalue weighted by molar-refractivity contribution is -0.137. The van der Waals surface area contributed by atoms with Crippen molar-refractivity contribution in [1.82, 2.24) is 15.1 Å². The van der Waals surface area contributed by atoms with Crippen LogP contribution in [0.1, 0.15) is 27.0 Å². The zero-order valence-electron chi connectivity index (χ0n) is 16.7. The highest BCUT2D eigenvalue weighted by atomic mass is 19.4. The minimum atomic E-state index is -4.47. The Morgan fingerprint density at radius 1 is 1.07 bits per heavy atom. The first-order chi connectivity index (χ1) is 14.2. The van der Waals surface area contributed by atoms with E-state index in [-0.39, 0.29) is 24.6 Å². The summed E-state index contributed by atoms with van der Waals surface area (Å²) in [5.41, 5.74) is 1.16. The summed E-state index contributed by atoms with van der Waals surface area (Å²) in [7, 11) is 0. The average Bonchev–Trinajstić information content (AvgIpc) is 2.73. The van der Waals surface area contributed by atoms with E-state index in [1.54, 1.807) is 4.90 Å². The minimum absolute atomic E-state index is 0.115. The first-order valence-electron chi connectivity index (χ1n) is 9.74. The summed E-state index contributed by atoms with van der Waals surface area (Å²) in [5, 5.41) is 3.17. The number of piperazine rings is 1. The normalized spacial score (nSPS) is 14.5. The number of halogens is 3. The molecule has 5 nitrogen and oxygen atoms in total. The van der Waals surface area contributed by atoms with Gasteiger partial charge in [-0.25, -0.2) is 0 Å². The Balaban J connectivity index is 1.81. The van der Waals surface area contributed by atoms with Crippen LogP contribution >= 0.6 is 0 Å². The molecule has 0 atom stereocenters. The topological polar surface area (TPSA) is 52.7 Å². The second-order valence-electron chi connectivity index (χ2n) is 7.36. The van der Waals surface area contributed by atoms with Gasteiger partial charge in [-0.1, -0.05) is 29.8 Å². The summed E-state index contributed by atoms with van der Waals surface area (Å²) in [6.07, 6.45) is -4.47. The Morgan fingerprint density at radius 3 is 2.33 bits per heavy atom. The molecule has 0 spiro atoms. The Labute approximate surface area is 173 Å². The maximum Gasteiger partial charge on any atom is 0.416 e. The number of hydrogen-bond donors (Lipinski definition) is 1.